The fourth-order valence-corrected chi connectivity index (χ4v) is 2.68. The molecule has 0 aliphatic carbocycles. The summed E-state index contributed by atoms with van der Waals surface area (Å²) >= 11 is 0. The van der Waals surface area contributed by atoms with Crippen LogP contribution in [0.15, 0.2) is 12.1 Å². The number of carbonyl (C=O) groups is 1. The summed E-state index contributed by atoms with van der Waals surface area (Å²) in [6.45, 7) is 10.4. The standard InChI is InChI=1S/C17H26N2O2/c1-12-6-5-8-19(9-7-12)15-11-13(16(20)21)10-14(18-15)17(2,3)4/h10-12H,5-9H2,1-4H3,(H,20,21). The quantitative estimate of drug-likeness (QED) is 0.902. The Labute approximate surface area is 127 Å². The van der Waals surface area contributed by atoms with Gasteiger partial charge in [0.2, 0.25) is 0 Å². The van der Waals surface area contributed by atoms with Gasteiger partial charge < -0.3 is 10.0 Å². The highest BCUT2D eigenvalue weighted by Crippen LogP contribution is 2.27. The van der Waals surface area contributed by atoms with E-state index >= 15 is 0 Å². The van der Waals surface area contributed by atoms with Gasteiger partial charge in [-0.2, -0.15) is 0 Å². The highest BCUT2D eigenvalue weighted by molar-refractivity contribution is 5.88. The van der Waals surface area contributed by atoms with E-state index in [1.165, 1.54) is 6.42 Å². The van der Waals surface area contributed by atoms with Crippen molar-refractivity contribution in [3.05, 3.63) is 23.4 Å². The topological polar surface area (TPSA) is 53.4 Å². The lowest BCUT2D eigenvalue weighted by atomic mass is 9.90. The van der Waals surface area contributed by atoms with E-state index in [-0.39, 0.29) is 5.41 Å². The maximum Gasteiger partial charge on any atom is 0.335 e. The molecule has 1 aliphatic rings. The molecule has 2 rings (SSSR count). The molecule has 21 heavy (non-hydrogen) atoms. The zero-order valence-electron chi connectivity index (χ0n) is 13.5. The highest BCUT2D eigenvalue weighted by atomic mass is 16.4. The molecule has 1 unspecified atom stereocenters. The van der Waals surface area contributed by atoms with E-state index in [0.717, 1.165) is 43.4 Å². The number of carboxylic acids is 1. The van der Waals surface area contributed by atoms with E-state index in [9.17, 15) is 9.90 Å². The number of anilines is 1. The molecule has 0 aromatic carbocycles. The summed E-state index contributed by atoms with van der Waals surface area (Å²) in [6, 6.07) is 3.42. The van der Waals surface area contributed by atoms with Gasteiger partial charge >= 0.3 is 5.97 Å². The average molecular weight is 290 g/mol. The Hall–Kier alpha value is -1.58. The Kier molecular flexibility index (Phi) is 4.55. The molecule has 0 spiro atoms. The Bertz CT molecular complexity index is 520. The molecule has 1 aromatic heterocycles. The third-order valence-electron chi connectivity index (χ3n) is 4.17. The fourth-order valence-electron chi connectivity index (χ4n) is 2.68. The maximum absolute atomic E-state index is 11.4. The SMILES string of the molecule is CC1CCCN(c2cc(C(=O)O)cc(C(C)(C)C)n2)CC1. The van der Waals surface area contributed by atoms with E-state index in [4.69, 9.17) is 4.98 Å². The Balaban J connectivity index is 2.37. The Morgan fingerprint density at radius 2 is 2.00 bits per heavy atom. The first-order valence-corrected chi connectivity index (χ1v) is 7.78. The van der Waals surface area contributed by atoms with Crippen molar-refractivity contribution in [2.75, 3.05) is 18.0 Å². The predicted molar refractivity (Wildman–Crippen MR) is 85.1 cm³/mol. The lowest BCUT2D eigenvalue weighted by Gasteiger charge is -2.25. The summed E-state index contributed by atoms with van der Waals surface area (Å²) < 4.78 is 0. The van der Waals surface area contributed by atoms with Crippen LogP contribution in [0.2, 0.25) is 0 Å². The molecule has 2 heterocycles. The van der Waals surface area contributed by atoms with Crippen molar-refractivity contribution in [2.45, 2.75) is 52.4 Å². The van der Waals surface area contributed by atoms with Gasteiger partial charge in [-0.3, -0.25) is 0 Å². The molecule has 0 bridgehead atoms. The van der Waals surface area contributed by atoms with Crippen LogP contribution in [-0.4, -0.2) is 29.1 Å². The maximum atomic E-state index is 11.4. The molecule has 0 radical (unpaired) electrons. The minimum Gasteiger partial charge on any atom is -0.478 e. The lowest BCUT2D eigenvalue weighted by molar-refractivity contribution is 0.0696. The van der Waals surface area contributed by atoms with Gasteiger partial charge in [-0.05, 0) is 37.3 Å². The van der Waals surface area contributed by atoms with Crippen LogP contribution in [-0.2, 0) is 5.41 Å². The summed E-state index contributed by atoms with van der Waals surface area (Å²) in [6.07, 6.45) is 3.52. The van der Waals surface area contributed by atoms with Crippen LogP contribution >= 0.6 is 0 Å². The van der Waals surface area contributed by atoms with E-state index < -0.39 is 5.97 Å². The molecule has 116 valence electrons. The second-order valence-corrected chi connectivity index (χ2v) is 7.18. The molecule has 1 aromatic rings. The molecular formula is C17H26N2O2. The van der Waals surface area contributed by atoms with E-state index in [1.54, 1.807) is 12.1 Å². The molecular weight excluding hydrogens is 264 g/mol. The lowest BCUT2D eigenvalue weighted by Crippen LogP contribution is -2.27. The van der Waals surface area contributed by atoms with E-state index in [1.807, 2.05) is 0 Å². The number of hydrogen-bond donors (Lipinski definition) is 1. The number of aromatic nitrogens is 1. The Morgan fingerprint density at radius 3 is 2.62 bits per heavy atom. The van der Waals surface area contributed by atoms with Crippen LogP contribution in [0.25, 0.3) is 0 Å². The van der Waals surface area contributed by atoms with Crippen molar-refractivity contribution in [3.63, 3.8) is 0 Å². The van der Waals surface area contributed by atoms with Gasteiger partial charge in [-0.25, -0.2) is 9.78 Å². The zero-order chi connectivity index (χ0) is 15.6. The van der Waals surface area contributed by atoms with Crippen molar-refractivity contribution in [2.24, 2.45) is 5.92 Å². The predicted octanol–water partition coefficient (Wildman–Crippen LogP) is 3.70. The Morgan fingerprint density at radius 1 is 1.29 bits per heavy atom. The first kappa shape index (κ1) is 15.8. The van der Waals surface area contributed by atoms with Gasteiger partial charge in [0, 0.05) is 24.2 Å². The van der Waals surface area contributed by atoms with Gasteiger partial charge in [-0.15, -0.1) is 0 Å². The molecule has 4 heteroatoms. The van der Waals surface area contributed by atoms with Gasteiger partial charge in [0.15, 0.2) is 0 Å². The van der Waals surface area contributed by atoms with Crippen LogP contribution in [0.5, 0.6) is 0 Å². The largest absolute Gasteiger partial charge is 0.478 e. The molecule has 1 aliphatic heterocycles. The minimum atomic E-state index is -0.882. The van der Waals surface area contributed by atoms with E-state index in [0.29, 0.717) is 5.56 Å². The molecule has 0 amide bonds. The smallest absolute Gasteiger partial charge is 0.335 e. The molecule has 1 N–H and O–H groups in total. The van der Waals surface area contributed by atoms with Crippen molar-refractivity contribution >= 4 is 11.8 Å². The third-order valence-corrected chi connectivity index (χ3v) is 4.17. The fraction of sp³-hybridized carbons (Fsp3) is 0.647. The number of rotatable bonds is 2. The van der Waals surface area contributed by atoms with Crippen LogP contribution in [0.3, 0.4) is 0 Å². The van der Waals surface area contributed by atoms with Crippen molar-refractivity contribution < 1.29 is 9.90 Å². The molecule has 1 saturated heterocycles. The minimum absolute atomic E-state index is 0.153. The van der Waals surface area contributed by atoms with Crippen LogP contribution in [0, 0.1) is 5.92 Å². The summed E-state index contributed by atoms with van der Waals surface area (Å²) in [4.78, 5) is 18.4. The summed E-state index contributed by atoms with van der Waals surface area (Å²) in [5, 5.41) is 9.35. The van der Waals surface area contributed by atoms with Crippen molar-refractivity contribution in [1.29, 1.82) is 0 Å². The number of nitrogens with zero attached hydrogens (tertiary/aromatic N) is 2. The normalized spacial score (nSPS) is 20.2. The van der Waals surface area contributed by atoms with E-state index in [2.05, 4.69) is 32.6 Å². The summed E-state index contributed by atoms with van der Waals surface area (Å²) in [7, 11) is 0. The first-order chi connectivity index (χ1) is 9.77. The van der Waals surface area contributed by atoms with Gasteiger partial charge in [0.05, 0.1) is 5.56 Å². The number of aromatic carboxylic acids is 1. The van der Waals surface area contributed by atoms with Gasteiger partial charge in [0.1, 0.15) is 5.82 Å². The molecule has 4 nitrogen and oxygen atoms in total. The zero-order valence-corrected chi connectivity index (χ0v) is 13.5. The van der Waals surface area contributed by atoms with Crippen LogP contribution < -0.4 is 4.90 Å². The van der Waals surface area contributed by atoms with Crippen molar-refractivity contribution in [1.82, 2.24) is 4.98 Å². The van der Waals surface area contributed by atoms with Crippen molar-refractivity contribution in [3.8, 4) is 0 Å². The summed E-state index contributed by atoms with van der Waals surface area (Å²) in [5.74, 6) is 0.668. The number of carboxylic acid groups (broad SMARTS) is 1. The third kappa shape index (κ3) is 3.96. The van der Waals surface area contributed by atoms with Crippen LogP contribution in [0.1, 0.15) is 63.0 Å². The highest BCUT2D eigenvalue weighted by Gasteiger charge is 2.22. The number of hydrogen-bond acceptors (Lipinski definition) is 3. The number of pyridine rings is 1. The average Bonchev–Trinajstić information content (AvgIpc) is 2.62. The molecule has 1 atom stereocenters. The van der Waals surface area contributed by atoms with Crippen LogP contribution in [0.4, 0.5) is 5.82 Å². The second-order valence-electron chi connectivity index (χ2n) is 7.18. The summed E-state index contributed by atoms with van der Waals surface area (Å²) in [5.41, 5.74) is 1.02. The van der Waals surface area contributed by atoms with Gasteiger partial charge in [0.25, 0.3) is 0 Å². The second kappa shape index (κ2) is 6.04. The molecule has 0 saturated carbocycles. The molecule has 1 fully saturated rings. The van der Waals surface area contributed by atoms with Gasteiger partial charge in [-0.1, -0.05) is 27.7 Å². The first-order valence-electron chi connectivity index (χ1n) is 7.78. The monoisotopic (exact) mass is 290 g/mol.